The van der Waals surface area contributed by atoms with Crippen LogP contribution in [0.15, 0.2) is 48.7 Å². The molecule has 2 aliphatic heterocycles. The molecule has 7 nitrogen and oxygen atoms in total. The highest BCUT2D eigenvalue weighted by Gasteiger charge is 2.57. The molecule has 2 aliphatic rings. The first-order valence-electron chi connectivity index (χ1n) is 11.6. The van der Waals surface area contributed by atoms with E-state index in [0.717, 1.165) is 35.9 Å². The summed E-state index contributed by atoms with van der Waals surface area (Å²) >= 11 is 1.73. The first kappa shape index (κ1) is 22.0. The summed E-state index contributed by atoms with van der Waals surface area (Å²) < 4.78 is 1.20. The Morgan fingerprint density at radius 2 is 1.79 bits per heavy atom. The number of hydrogen-bond acceptors (Lipinski definition) is 6. The number of thiazole rings is 1. The summed E-state index contributed by atoms with van der Waals surface area (Å²) in [6, 6.07) is 13.6. The smallest absolute Gasteiger partial charge is 0.309 e. The van der Waals surface area contributed by atoms with Crippen molar-refractivity contribution >= 4 is 33.5 Å². The second-order valence-corrected chi connectivity index (χ2v) is 10.5. The third-order valence-electron chi connectivity index (χ3n) is 6.60. The lowest BCUT2D eigenvalue weighted by atomic mass is 9.85. The monoisotopic (exact) mass is 463 g/mol. The van der Waals surface area contributed by atoms with Crippen molar-refractivity contribution < 1.29 is 9.59 Å². The van der Waals surface area contributed by atoms with Crippen LogP contribution in [0.3, 0.4) is 0 Å². The van der Waals surface area contributed by atoms with Gasteiger partial charge in [-0.25, -0.2) is 9.78 Å². The van der Waals surface area contributed by atoms with Gasteiger partial charge in [-0.3, -0.25) is 19.6 Å². The SMILES string of the molecule is CC(C)CN1C(=O)N(Cc2ccccn2)C(=O)C12CCN(Cc1nc3ccccc3s1)CC2. The lowest BCUT2D eigenvalue weighted by Crippen LogP contribution is -2.57. The highest BCUT2D eigenvalue weighted by atomic mass is 32.1. The molecule has 33 heavy (non-hydrogen) atoms. The molecule has 2 saturated heterocycles. The molecule has 1 aromatic carbocycles. The summed E-state index contributed by atoms with van der Waals surface area (Å²) in [5.74, 6) is 0.215. The van der Waals surface area contributed by atoms with Crippen molar-refractivity contribution in [3.8, 4) is 0 Å². The molecule has 1 spiro atoms. The lowest BCUT2D eigenvalue weighted by Gasteiger charge is -2.42. The third kappa shape index (κ3) is 4.13. The zero-order chi connectivity index (χ0) is 23.0. The average Bonchev–Trinajstić information content (AvgIpc) is 3.30. The van der Waals surface area contributed by atoms with E-state index in [-0.39, 0.29) is 24.4 Å². The molecule has 0 aliphatic carbocycles. The van der Waals surface area contributed by atoms with E-state index < -0.39 is 5.54 Å². The number of likely N-dealkylation sites (tertiary alicyclic amines) is 1. The van der Waals surface area contributed by atoms with Gasteiger partial charge in [0, 0.05) is 25.8 Å². The van der Waals surface area contributed by atoms with E-state index in [0.29, 0.717) is 19.4 Å². The number of hydrogen-bond donors (Lipinski definition) is 0. The fourth-order valence-electron chi connectivity index (χ4n) is 4.94. The van der Waals surface area contributed by atoms with E-state index >= 15 is 0 Å². The van der Waals surface area contributed by atoms with E-state index in [4.69, 9.17) is 4.98 Å². The summed E-state index contributed by atoms with van der Waals surface area (Å²) in [4.78, 5) is 41.8. The van der Waals surface area contributed by atoms with Gasteiger partial charge in [0.05, 0.1) is 29.0 Å². The van der Waals surface area contributed by atoms with Crippen molar-refractivity contribution in [3.05, 3.63) is 59.4 Å². The summed E-state index contributed by atoms with van der Waals surface area (Å²) in [5, 5.41) is 1.09. The molecule has 0 atom stereocenters. The van der Waals surface area contributed by atoms with E-state index in [1.807, 2.05) is 41.3 Å². The van der Waals surface area contributed by atoms with Crippen molar-refractivity contribution in [2.45, 2.75) is 45.3 Å². The summed E-state index contributed by atoms with van der Waals surface area (Å²) in [6.07, 6.45) is 2.99. The Hall–Kier alpha value is -2.84. The second-order valence-electron chi connectivity index (χ2n) is 9.38. The number of carbonyl (C=O) groups is 2. The third-order valence-corrected chi connectivity index (χ3v) is 7.62. The van der Waals surface area contributed by atoms with Gasteiger partial charge in [-0.2, -0.15) is 0 Å². The van der Waals surface area contributed by atoms with Gasteiger partial charge in [-0.05, 0) is 43.0 Å². The van der Waals surface area contributed by atoms with Gasteiger partial charge in [0.15, 0.2) is 0 Å². The number of rotatable bonds is 6. The summed E-state index contributed by atoms with van der Waals surface area (Å²) in [5.41, 5.74) is 1.02. The van der Waals surface area contributed by atoms with Crippen LogP contribution in [0.2, 0.25) is 0 Å². The Bertz CT molecular complexity index is 1120. The average molecular weight is 464 g/mol. The van der Waals surface area contributed by atoms with Crippen LogP contribution < -0.4 is 0 Å². The number of carbonyl (C=O) groups excluding carboxylic acids is 2. The van der Waals surface area contributed by atoms with E-state index in [2.05, 4.69) is 29.8 Å². The van der Waals surface area contributed by atoms with Crippen molar-refractivity contribution in [3.63, 3.8) is 0 Å². The van der Waals surface area contributed by atoms with Crippen LogP contribution in [-0.4, -0.2) is 61.8 Å². The molecule has 4 heterocycles. The number of amides is 3. The maximum Gasteiger partial charge on any atom is 0.328 e. The zero-order valence-corrected chi connectivity index (χ0v) is 19.9. The highest BCUT2D eigenvalue weighted by molar-refractivity contribution is 7.18. The van der Waals surface area contributed by atoms with Crippen LogP contribution in [0, 0.1) is 5.92 Å². The Kier molecular flexibility index (Phi) is 5.88. The van der Waals surface area contributed by atoms with Gasteiger partial charge in [-0.1, -0.05) is 32.0 Å². The number of urea groups is 1. The molecule has 3 amide bonds. The Morgan fingerprint density at radius 1 is 1.03 bits per heavy atom. The first-order chi connectivity index (χ1) is 16.0. The predicted octanol–water partition coefficient (Wildman–Crippen LogP) is 4.15. The maximum absolute atomic E-state index is 13.7. The Morgan fingerprint density at radius 3 is 2.48 bits per heavy atom. The summed E-state index contributed by atoms with van der Waals surface area (Å²) in [6.45, 7) is 7.30. The maximum atomic E-state index is 13.7. The number of aromatic nitrogens is 2. The van der Waals surface area contributed by atoms with Gasteiger partial charge in [0.2, 0.25) is 0 Å². The molecule has 5 rings (SSSR count). The van der Waals surface area contributed by atoms with Gasteiger partial charge in [0.25, 0.3) is 5.91 Å². The fraction of sp³-hybridized carbons (Fsp3) is 0.440. The molecule has 0 bridgehead atoms. The minimum atomic E-state index is -0.750. The number of piperidine rings is 1. The Balaban J connectivity index is 1.33. The minimum absolute atomic E-state index is 0.0709. The number of para-hydroxylation sites is 1. The van der Waals surface area contributed by atoms with Crippen LogP contribution in [0.5, 0.6) is 0 Å². The van der Waals surface area contributed by atoms with Crippen LogP contribution in [0.4, 0.5) is 4.79 Å². The van der Waals surface area contributed by atoms with Crippen molar-refractivity contribution in [1.82, 2.24) is 24.7 Å². The van der Waals surface area contributed by atoms with Crippen LogP contribution in [0.25, 0.3) is 10.2 Å². The van der Waals surface area contributed by atoms with Gasteiger partial charge in [-0.15, -0.1) is 11.3 Å². The highest BCUT2D eigenvalue weighted by Crippen LogP contribution is 2.39. The van der Waals surface area contributed by atoms with Gasteiger partial charge >= 0.3 is 6.03 Å². The molecule has 0 radical (unpaired) electrons. The Labute approximate surface area is 198 Å². The van der Waals surface area contributed by atoms with Crippen molar-refractivity contribution in [2.24, 2.45) is 5.92 Å². The number of pyridine rings is 1. The lowest BCUT2D eigenvalue weighted by molar-refractivity contribution is -0.136. The molecule has 2 aromatic heterocycles. The fourth-order valence-corrected chi connectivity index (χ4v) is 5.95. The van der Waals surface area contributed by atoms with Crippen molar-refractivity contribution in [1.29, 1.82) is 0 Å². The quantitative estimate of drug-likeness (QED) is 0.514. The molecule has 0 saturated carbocycles. The van der Waals surface area contributed by atoms with Crippen LogP contribution in [-0.2, 0) is 17.9 Å². The molecule has 172 valence electrons. The van der Waals surface area contributed by atoms with E-state index in [1.54, 1.807) is 17.5 Å². The summed E-state index contributed by atoms with van der Waals surface area (Å²) in [7, 11) is 0. The molecule has 0 N–H and O–H groups in total. The van der Waals surface area contributed by atoms with E-state index in [1.165, 1.54) is 9.60 Å². The normalized spacial score (nSPS) is 18.9. The topological polar surface area (TPSA) is 69.6 Å². The van der Waals surface area contributed by atoms with E-state index in [9.17, 15) is 9.59 Å². The number of benzene rings is 1. The van der Waals surface area contributed by atoms with Gasteiger partial charge in [0.1, 0.15) is 10.5 Å². The van der Waals surface area contributed by atoms with Crippen LogP contribution >= 0.6 is 11.3 Å². The minimum Gasteiger partial charge on any atom is -0.309 e. The molecule has 2 fully saturated rings. The molecular weight excluding hydrogens is 434 g/mol. The largest absolute Gasteiger partial charge is 0.328 e. The first-order valence-corrected chi connectivity index (χ1v) is 12.4. The standard InChI is InChI=1S/C25H29N5O2S/c1-18(2)15-30-24(32)29(16-19-7-5-6-12-26-19)23(31)25(30)10-13-28(14-11-25)17-22-27-20-8-3-4-9-21(20)33-22/h3-9,12,18H,10-11,13-17H2,1-2H3. The zero-order valence-electron chi connectivity index (χ0n) is 19.1. The van der Waals surface area contributed by atoms with Crippen LogP contribution in [0.1, 0.15) is 37.4 Å². The molecule has 3 aromatic rings. The number of fused-ring (bicyclic) bond motifs is 1. The second kappa shape index (κ2) is 8.83. The molecule has 8 heteroatoms. The molecular formula is C25H29N5O2S. The van der Waals surface area contributed by atoms with Crippen molar-refractivity contribution in [2.75, 3.05) is 19.6 Å². The van der Waals surface area contributed by atoms with Gasteiger partial charge < -0.3 is 4.90 Å². The molecule has 0 unspecified atom stereocenters. The predicted molar refractivity (Wildman–Crippen MR) is 129 cm³/mol. The number of imide groups is 1. The number of nitrogens with zero attached hydrogens (tertiary/aromatic N) is 5.